The van der Waals surface area contributed by atoms with Crippen molar-refractivity contribution in [2.24, 2.45) is 5.92 Å². The zero-order valence-corrected chi connectivity index (χ0v) is 12.3. The molecule has 1 aliphatic rings. The number of halogens is 1. The lowest BCUT2D eigenvalue weighted by Gasteiger charge is -2.49. The van der Waals surface area contributed by atoms with Gasteiger partial charge in [0.2, 0.25) is 0 Å². The molecule has 2 heteroatoms. The zero-order valence-electron chi connectivity index (χ0n) is 11.6. The molecule has 0 N–H and O–H groups in total. The molecule has 20 heavy (non-hydrogen) atoms. The zero-order chi connectivity index (χ0) is 14.1. The van der Waals surface area contributed by atoms with Gasteiger partial charge >= 0.3 is 0 Å². The highest BCUT2D eigenvalue weighted by Crippen LogP contribution is 2.42. The van der Waals surface area contributed by atoms with Crippen LogP contribution in [0.4, 0.5) is 5.69 Å². The number of hydrogen-bond acceptors (Lipinski definition) is 1. The first-order valence-corrected chi connectivity index (χ1v) is 7.28. The van der Waals surface area contributed by atoms with Gasteiger partial charge in [-0.15, -0.1) is 6.58 Å². The van der Waals surface area contributed by atoms with Crippen LogP contribution < -0.4 is 4.90 Å². The first kappa shape index (κ1) is 13.3. The lowest BCUT2D eigenvalue weighted by molar-refractivity contribution is 0.363. The van der Waals surface area contributed by atoms with Gasteiger partial charge in [-0.3, -0.25) is 0 Å². The Labute approximate surface area is 125 Å². The molecule has 1 fully saturated rings. The number of aryl methyl sites for hydroxylation is 1. The van der Waals surface area contributed by atoms with E-state index in [1.165, 1.54) is 16.8 Å². The van der Waals surface area contributed by atoms with Crippen molar-refractivity contribution in [3.05, 3.63) is 77.3 Å². The minimum atomic E-state index is 0.368. The molecule has 0 spiro atoms. The van der Waals surface area contributed by atoms with E-state index in [0.717, 1.165) is 11.6 Å². The highest BCUT2D eigenvalue weighted by Gasteiger charge is 2.37. The summed E-state index contributed by atoms with van der Waals surface area (Å²) in [5, 5.41) is 0.783. The molecule has 2 atom stereocenters. The van der Waals surface area contributed by atoms with Crippen molar-refractivity contribution in [2.45, 2.75) is 13.0 Å². The van der Waals surface area contributed by atoms with Crippen LogP contribution in [0.1, 0.15) is 17.2 Å². The fraction of sp³-hybridized carbons (Fsp3) is 0.222. The summed E-state index contributed by atoms with van der Waals surface area (Å²) in [5.74, 6) is 0.498. The van der Waals surface area contributed by atoms with Gasteiger partial charge in [0, 0.05) is 23.2 Å². The monoisotopic (exact) mass is 283 g/mol. The molecular formula is C18H18ClN. The van der Waals surface area contributed by atoms with Gasteiger partial charge < -0.3 is 4.90 Å². The van der Waals surface area contributed by atoms with Crippen LogP contribution in [-0.4, -0.2) is 6.54 Å². The lowest BCUT2D eigenvalue weighted by atomic mass is 9.83. The maximum Gasteiger partial charge on any atom is 0.0622 e. The van der Waals surface area contributed by atoms with Gasteiger partial charge in [-0.2, -0.15) is 0 Å². The molecule has 0 radical (unpaired) electrons. The van der Waals surface area contributed by atoms with Gasteiger partial charge in [-0.05, 0) is 36.8 Å². The van der Waals surface area contributed by atoms with Crippen molar-refractivity contribution in [3.8, 4) is 0 Å². The number of anilines is 1. The fourth-order valence-corrected chi connectivity index (χ4v) is 2.95. The van der Waals surface area contributed by atoms with Crippen molar-refractivity contribution < 1.29 is 0 Å². The van der Waals surface area contributed by atoms with Gasteiger partial charge in [0.1, 0.15) is 0 Å². The van der Waals surface area contributed by atoms with Gasteiger partial charge in [-0.25, -0.2) is 0 Å². The molecular weight excluding hydrogens is 266 g/mol. The summed E-state index contributed by atoms with van der Waals surface area (Å²) in [6, 6.07) is 17.2. The summed E-state index contributed by atoms with van der Waals surface area (Å²) < 4.78 is 0. The molecule has 1 saturated heterocycles. The van der Waals surface area contributed by atoms with Gasteiger partial charge in [0.15, 0.2) is 0 Å². The van der Waals surface area contributed by atoms with Crippen LogP contribution in [0.5, 0.6) is 0 Å². The summed E-state index contributed by atoms with van der Waals surface area (Å²) in [4.78, 5) is 2.43. The van der Waals surface area contributed by atoms with E-state index >= 15 is 0 Å². The minimum Gasteiger partial charge on any atom is -0.363 e. The molecule has 1 aliphatic heterocycles. The summed E-state index contributed by atoms with van der Waals surface area (Å²) in [7, 11) is 0. The Morgan fingerprint density at radius 1 is 1.10 bits per heavy atom. The highest BCUT2D eigenvalue weighted by atomic mass is 35.5. The van der Waals surface area contributed by atoms with Crippen molar-refractivity contribution in [2.75, 3.05) is 11.4 Å². The van der Waals surface area contributed by atoms with E-state index in [4.69, 9.17) is 11.6 Å². The second-order valence-corrected chi connectivity index (χ2v) is 5.82. The van der Waals surface area contributed by atoms with Crippen LogP contribution in [0.3, 0.4) is 0 Å². The Morgan fingerprint density at radius 3 is 2.35 bits per heavy atom. The first-order chi connectivity index (χ1) is 9.69. The molecule has 2 aromatic rings. The predicted octanol–water partition coefficient (Wildman–Crippen LogP) is 5.01. The average molecular weight is 284 g/mol. The number of nitrogens with zero attached hydrogens (tertiary/aromatic N) is 1. The van der Waals surface area contributed by atoms with Gasteiger partial charge in [0.05, 0.1) is 6.04 Å². The van der Waals surface area contributed by atoms with Crippen molar-refractivity contribution in [3.63, 3.8) is 0 Å². The second-order valence-electron chi connectivity index (χ2n) is 5.38. The van der Waals surface area contributed by atoms with E-state index in [2.05, 4.69) is 60.9 Å². The predicted molar refractivity (Wildman–Crippen MR) is 86.4 cm³/mol. The van der Waals surface area contributed by atoms with Crippen molar-refractivity contribution in [1.29, 1.82) is 0 Å². The quantitative estimate of drug-likeness (QED) is 0.716. The normalized spacial score (nSPS) is 21.4. The molecule has 0 amide bonds. The smallest absolute Gasteiger partial charge is 0.0622 e. The maximum absolute atomic E-state index is 5.98. The molecule has 1 heterocycles. The third kappa shape index (κ3) is 2.34. The van der Waals surface area contributed by atoms with Crippen LogP contribution in [0, 0.1) is 12.8 Å². The van der Waals surface area contributed by atoms with E-state index in [0.29, 0.717) is 12.0 Å². The topological polar surface area (TPSA) is 3.24 Å². The first-order valence-electron chi connectivity index (χ1n) is 6.90. The fourth-order valence-electron chi connectivity index (χ4n) is 2.83. The van der Waals surface area contributed by atoms with Crippen LogP contribution >= 0.6 is 11.6 Å². The van der Waals surface area contributed by atoms with E-state index in [1.54, 1.807) is 0 Å². The van der Waals surface area contributed by atoms with Crippen LogP contribution in [0.15, 0.2) is 61.2 Å². The third-order valence-electron chi connectivity index (χ3n) is 4.03. The van der Waals surface area contributed by atoms with Crippen molar-refractivity contribution >= 4 is 17.3 Å². The van der Waals surface area contributed by atoms with Crippen LogP contribution in [0.2, 0.25) is 5.02 Å². The molecule has 3 rings (SSSR count). The number of rotatable bonds is 3. The second kappa shape index (κ2) is 5.34. The molecule has 0 unspecified atom stereocenters. The molecule has 2 aromatic carbocycles. The lowest BCUT2D eigenvalue weighted by Crippen LogP contribution is -2.49. The number of benzene rings is 2. The molecule has 0 saturated carbocycles. The van der Waals surface area contributed by atoms with E-state index in [1.807, 2.05) is 12.1 Å². The summed E-state index contributed by atoms with van der Waals surface area (Å²) in [6.07, 6.45) is 2.06. The standard InChI is InChI=1S/C18H18ClN/c1-3-14-12-20(17-10-4-13(2)5-11-17)18(14)15-6-8-16(19)9-7-15/h3-11,14,18H,1,12H2,2H3/t14-,18-/m1/s1. The Kier molecular flexibility index (Phi) is 3.54. The summed E-state index contributed by atoms with van der Waals surface area (Å²) in [6.45, 7) is 7.11. The van der Waals surface area contributed by atoms with E-state index < -0.39 is 0 Å². The van der Waals surface area contributed by atoms with Crippen molar-refractivity contribution in [1.82, 2.24) is 0 Å². The van der Waals surface area contributed by atoms with Gasteiger partial charge in [-0.1, -0.05) is 47.5 Å². The number of hydrogen-bond donors (Lipinski definition) is 0. The minimum absolute atomic E-state index is 0.368. The molecule has 102 valence electrons. The third-order valence-corrected chi connectivity index (χ3v) is 4.28. The average Bonchev–Trinajstić information content (AvgIpc) is 2.43. The maximum atomic E-state index is 5.98. The van der Waals surface area contributed by atoms with E-state index in [-0.39, 0.29) is 0 Å². The van der Waals surface area contributed by atoms with E-state index in [9.17, 15) is 0 Å². The largest absolute Gasteiger partial charge is 0.363 e. The molecule has 0 aliphatic carbocycles. The summed E-state index contributed by atoms with van der Waals surface area (Å²) >= 11 is 5.98. The molecule has 0 aromatic heterocycles. The van der Waals surface area contributed by atoms with Gasteiger partial charge in [0.25, 0.3) is 0 Å². The Bertz CT molecular complexity index is 600. The molecule has 0 bridgehead atoms. The highest BCUT2D eigenvalue weighted by molar-refractivity contribution is 6.30. The SMILES string of the molecule is C=C[C@@H]1CN(c2ccc(C)cc2)[C@H]1c1ccc(Cl)cc1. The Balaban J connectivity index is 1.90. The van der Waals surface area contributed by atoms with Crippen LogP contribution in [0.25, 0.3) is 0 Å². The Morgan fingerprint density at radius 2 is 1.75 bits per heavy atom. The van der Waals surface area contributed by atoms with Crippen LogP contribution in [-0.2, 0) is 0 Å². The molecule has 1 nitrogen and oxygen atoms in total. The summed E-state index contributed by atoms with van der Waals surface area (Å²) in [5.41, 5.74) is 3.86. The Hall–Kier alpha value is -1.73.